The van der Waals surface area contributed by atoms with Crippen LogP contribution in [0.1, 0.15) is 33.6 Å². The highest BCUT2D eigenvalue weighted by Gasteiger charge is 3.03. The van der Waals surface area contributed by atoms with Crippen molar-refractivity contribution in [2.45, 2.75) is 86.5 Å². The smallest absolute Gasteiger partial charge is 0.334 e. The van der Waals surface area contributed by atoms with E-state index in [2.05, 4.69) is 0 Å². The summed E-state index contributed by atoms with van der Waals surface area (Å²) in [5.74, 6) is -0.369. The van der Waals surface area contributed by atoms with Crippen LogP contribution in [0, 0.1) is 11.3 Å². The molecular formula is C20H24O8. The zero-order valence-electron chi connectivity index (χ0n) is 16.0. The van der Waals surface area contributed by atoms with Gasteiger partial charge in [-0.25, -0.2) is 4.79 Å². The molecule has 3 saturated heterocycles. The molecule has 0 bridgehead atoms. The maximum atomic E-state index is 12.1. The number of carbonyl (C=O) groups is 1. The predicted octanol–water partition coefficient (Wildman–Crippen LogP) is -0.811. The second-order valence-electron chi connectivity index (χ2n) is 10.1. The number of cyclic esters (lactones) is 1. The largest absolute Gasteiger partial charge is 0.458 e. The summed E-state index contributed by atoms with van der Waals surface area (Å²) >= 11 is 0. The van der Waals surface area contributed by atoms with Crippen molar-refractivity contribution in [1.82, 2.24) is 0 Å². The highest BCUT2D eigenvalue weighted by molar-refractivity contribution is 5.93. The molecular weight excluding hydrogens is 368 g/mol. The zero-order chi connectivity index (χ0) is 19.6. The van der Waals surface area contributed by atoms with E-state index in [9.17, 15) is 20.1 Å². The Hall–Kier alpha value is -1.03. The molecule has 0 aromatic heterocycles. The fraction of sp³-hybridized carbons (Fsp3) is 0.850. The fourth-order valence-corrected chi connectivity index (χ4v) is 7.77. The van der Waals surface area contributed by atoms with Gasteiger partial charge in [-0.3, -0.25) is 0 Å². The number of carbonyl (C=O) groups excluding carboxylic acids is 1. The quantitative estimate of drug-likeness (QED) is 0.391. The van der Waals surface area contributed by atoms with Gasteiger partial charge in [-0.1, -0.05) is 20.8 Å². The SMILES string of the molecule is CC(C)[C@]12O[C@H]1[C@@H]1O[C@]13[C@]1(O[C@H]1[C@H](O)[C@@]1(O)C4=C(CC[C@]31C)C(=O)OC4)[C@@H]2O. The first-order valence-electron chi connectivity index (χ1n) is 10.2. The lowest BCUT2D eigenvalue weighted by molar-refractivity contribution is -0.205. The van der Waals surface area contributed by atoms with E-state index in [1.54, 1.807) is 0 Å². The normalized spacial score (nSPS) is 64.8. The number of ether oxygens (including phenoxy) is 4. The highest BCUT2D eigenvalue weighted by atomic mass is 16.8. The number of aliphatic hydroxyl groups excluding tert-OH is 2. The number of rotatable bonds is 1. The number of hydrogen-bond donors (Lipinski definition) is 3. The van der Waals surface area contributed by atoms with E-state index in [1.165, 1.54) is 0 Å². The molecule has 8 nitrogen and oxygen atoms in total. The van der Waals surface area contributed by atoms with Crippen LogP contribution in [0.25, 0.3) is 0 Å². The van der Waals surface area contributed by atoms with Crippen LogP contribution in [0.2, 0.25) is 0 Å². The van der Waals surface area contributed by atoms with E-state index in [0.29, 0.717) is 24.0 Å². The number of hydrogen-bond acceptors (Lipinski definition) is 8. The van der Waals surface area contributed by atoms with Gasteiger partial charge >= 0.3 is 5.97 Å². The van der Waals surface area contributed by atoms with Gasteiger partial charge in [0, 0.05) is 16.6 Å². The molecule has 0 aromatic rings. The Labute approximate surface area is 161 Å². The average molecular weight is 392 g/mol. The molecule has 152 valence electrons. The van der Waals surface area contributed by atoms with E-state index < -0.39 is 52.1 Å². The van der Waals surface area contributed by atoms with Crippen molar-refractivity contribution in [3.05, 3.63) is 11.1 Å². The Morgan fingerprint density at radius 1 is 1.11 bits per heavy atom. The summed E-state index contributed by atoms with van der Waals surface area (Å²) in [4.78, 5) is 12.1. The van der Waals surface area contributed by atoms with Gasteiger partial charge in [0.15, 0.2) is 5.60 Å². The van der Waals surface area contributed by atoms with E-state index in [-0.39, 0.29) is 24.7 Å². The Kier molecular flexibility index (Phi) is 2.44. The zero-order valence-corrected chi connectivity index (χ0v) is 16.0. The van der Waals surface area contributed by atoms with Crippen molar-refractivity contribution in [1.29, 1.82) is 0 Å². The van der Waals surface area contributed by atoms with Gasteiger partial charge < -0.3 is 34.3 Å². The molecule has 2 saturated carbocycles. The van der Waals surface area contributed by atoms with Crippen LogP contribution in [0.3, 0.4) is 0 Å². The Bertz CT molecular complexity index is 899. The van der Waals surface area contributed by atoms with E-state index >= 15 is 0 Å². The Morgan fingerprint density at radius 3 is 2.57 bits per heavy atom. The molecule has 0 unspecified atom stereocenters. The second-order valence-corrected chi connectivity index (χ2v) is 10.1. The van der Waals surface area contributed by atoms with E-state index in [4.69, 9.17) is 18.9 Å². The first-order valence-corrected chi connectivity index (χ1v) is 10.2. The van der Waals surface area contributed by atoms with Crippen molar-refractivity contribution in [3.8, 4) is 0 Å². The van der Waals surface area contributed by atoms with Gasteiger partial charge in [0.2, 0.25) is 0 Å². The summed E-state index contributed by atoms with van der Waals surface area (Å²) in [6, 6.07) is 0. The third-order valence-corrected chi connectivity index (χ3v) is 9.32. The van der Waals surface area contributed by atoms with Crippen LogP contribution < -0.4 is 0 Å². The first-order chi connectivity index (χ1) is 13.1. The van der Waals surface area contributed by atoms with Crippen molar-refractivity contribution in [3.63, 3.8) is 0 Å². The van der Waals surface area contributed by atoms with Crippen molar-refractivity contribution < 1.29 is 39.1 Å². The first kappa shape index (κ1) is 16.7. The van der Waals surface area contributed by atoms with Crippen LogP contribution in [-0.2, 0) is 23.7 Å². The number of fused-ring (bicyclic) bond motifs is 4. The third-order valence-electron chi connectivity index (χ3n) is 9.32. The van der Waals surface area contributed by atoms with Gasteiger partial charge in [-0.2, -0.15) is 0 Å². The molecule has 10 atom stereocenters. The molecule has 4 heterocycles. The summed E-state index contributed by atoms with van der Waals surface area (Å²) in [6.07, 6.45) is -2.73. The molecule has 2 spiro atoms. The van der Waals surface area contributed by atoms with E-state index in [0.717, 1.165) is 0 Å². The summed E-state index contributed by atoms with van der Waals surface area (Å²) in [6.45, 7) is 5.86. The number of esters is 1. The number of aliphatic hydroxyl groups is 3. The predicted molar refractivity (Wildman–Crippen MR) is 89.9 cm³/mol. The van der Waals surface area contributed by atoms with Gasteiger partial charge in [0.25, 0.3) is 0 Å². The maximum Gasteiger partial charge on any atom is 0.334 e. The van der Waals surface area contributed by atoms with Crippen molar-refractivity contribution in [2.24, 2.45) is 11.3 Å². The minimum atomic E-state index is -1.71. The summed E-state index contributed by atoms with van der Waals surface area (Å²) < 4.78 is 23.7. The van der Waals surface area contributed by atoms with Gasteiger partial charge in [-0.15, -0.1) is 0 Å². The molecule has 28 heavy (non-hydrogen) atoms. The van der Waals surface area contributed by atoms with Crippen molar-refractivity contribution in [2.75, 3.05) is 6.61 Å². The Balaban J connectivity index is 1.45. The average Bonchev–Trinajstić information content (AvgIpc) is 3.54. The summed E-state index contributed by atoms with van der Waals surface area (Å²) in [7, 11) is 0. The summed E-state index contributed by atoms with van der Waals surface area (Å²) in [5, 5.41) is 34.7. The van der Waals surface area contributed by atoms with Crippen LogP contribution in [0.5, 0.6) is 0 Å². The fourth-order valence-electron chi connectivity index (χ4n) is 7.77. The monoisotopic (exact) mass is 392 g/mol. The second kappa shape index (κ2) is 4.08. The number of epoxide rings is 3. The Morgan fingerprint density at radius 2 is 1.86 bits per heavy atom. The molecule has 3 aliphatic carbocycles. The molecule has 3 N–H and O–H groups in total. The van der Waals surface area contributed by atoms with Crippen LogP contribution in [-0.4, -0.2) is 80.8 Å². The van der Waals surface area contributed by atoms with Gasteiger partial charge in [0.1, 0.15) is 53.9 Å². The molecule has 4 aliphatic heterocycles. The highest BCUT2D eigenvalue weighted by Crippen LogP contribution is 2.83. The van der Waals surface area contributed by atoms with Gasteiger partial charge in [0.05, 0.1) is 0 Å². The van der Waals surface area contributed by atoms with E-state index in [1.807, 2.05) is 20.8 Å². The van der Waals surface area contributed by atoms with Crippen LogP contribution >= 0.6 is 0 Å². The molecule has 7 rings (SSSR count). The molecule has 0 aromatic carbocycles. The molecule has 0 radical (unpaired) electrons. The topological polar surface area (TPSA) is 125 Å². The third kappa shape index (κ3) is 1.19. The minimum absolute atomic E-state index is 0.0316. The lowest BCUT2D eigenvalue weighted by Gasteiger charge is -2.59. The molecule has 7 aliphatic rings. The molecule has 8 heteroatoms. The van der Waals surface area contributed by atoms with Crippen LogP contribution in [0.15, 0.2) is 11.1 Å². The molecule has 5 fully saturated rings. The molecule has 0 amide bonds. The lowest BCUT2D eigenvalue weighted by atomic mass is 9.44. The lowest BCUT2D eigenvalue weighted by Crippen LogP contribution is -2.78. The van der Waals surface area contributed by atoms with Gasteiger partial charge in [-0.05, 0) is 18.8 Å². The standard InChI is InChI=1S/C20H24O8/c1-7(2)17-12(26-17)13-20(28-13)16(3)5-4-8-9(6-25-14(8)22)18(16,24)10(21)11-19(20,27-11)15(17)23/h7,10-13,15,21,23-24H,4-6H2,1-3H3/t10-,11-,12-,13-,15+,16-,17-,18-,19+,20+/m0/s1. The summed E-state index contributed by atoms with van der Waals surface area (Å²) in [5.41, 5.74) is -4.55. The van der Waals surface area contributed by atoms with Crippen molar-refractivity contribution >= 4 is 5.97 Å². The minimum Gasteiger partial charge on any atom is -0.458 e. The van der Waals surface area contributed by atoms with Crippen LogP contribution in [0.4, 0.5) is 0 Å². The maximum absolute atomic E-state index is 12.1.